The Labute approximate surface area is 82.7 Å². The Kier molecular flexibility index (Phi) is 5.94. The van der Waals surface area contributed by atoms with Crippen molar-refractivity contribution in [3.05, 3.63) is 0 Å². The lowest BCUT2D eigenvalue weighted by molar-refractivity contribution is 0.228. The topological polar surface area (TPSA) is 12.0 Å². The summed E-state index contributed by atoms with van der Waals surface area (Å²) >= 11 is 0. The predicted molar refractivity (Wildman–Crippen MR) is 57.0 cm³/mol. The van der Waals surface area contributed by atoms with Crippen molar-refractivity contribution in [3.8, 4) is 0 Å². The van der Waals surface area contributed by atoms with Gasteiger partial charge in [-0.05, 0) is 26.3 Å². The molecule has 0 spiro atoms. The van der Waals surface area contributed by atoms with E-state index >= 15 is 0 Å². The largest absolute Gasteiger partial charge is 0.314 e. The fourth-order valence-corrected chi connectivity index (χ4v) is 2.33. The third-order valence-electron chi connectivity index (χ3n) is 3.07. The van der Waals surface area contributed by atoms with Crippen LogP contribution in [-0.2, 0) is 0 Å². The molecule has 1 aliphatic carbocycles. The Bertz CT molecular complexity index is 103. The van der Waals surface area contributed by atoms with Crippen LogP contribution in [-0.4, -0.2) is 12.6 Å². The molecule has 2 heteroatoms. The van der Waals surface area contributed by atoms with Gasteiger partial charge in [0.25, 0.3) is 0 Å². The lowest BCUT2D eigenvalue weighted by Gasteiger charge is -2.37. The van der Waals surface area contributed by atoms with Crippen LogP contribution in [0.4, 0.5) is 0 Å². The highest BCUT2D eigenvalue weighted by atomic mass is 35.5. The molecule has 0 amide bonds. The first kappa shape index (κ1) is 12.2. The van der Waals surface area contributed by atoms with E-state index in [1.54, 1.807) is 0 Å². The third-order valence-corrected chi connectivity index (χ3v) is 3.07. The predicted octanol–water partition coefficient (Wildman–Crippen LogP) is 3.13. The third kappa shape index (κ3) is 2.95. The molecule has 1 nitrogen and oxygen atoms in total. The highest BCUT2D eigenvalue weighted by Crippen LogP contribution is 2.31. The summed E-state index contributed by atoms with van der Waals surface area (Å²) in [5.74, 6) is 0. The van der Waals surface area contributed by atoms with Crippen LogP contribution >= 0.6 is 12.4 Å². The van der Waals surface area contributed by atoms with E-state index in [0.717, 1.165) is 0 Å². The van der Waals surface area contributed by atoms with Crippen molar-refractivity contribution in [2.75, 3.05) is 7.05 Å². The maximum atomic E-state index is 3.52. The molecule has 0 aromatic heterocycles. The van der Waals surface area contributed by atoms with Gasteiger partial charge in [-0.15, -0.1) is 12.4 Å². The van der Waals surface area contributed by atoms with E-state index in [0.29, 0.717) is 5.54 Å². The van der Waals surface area contributed by atoms with Crippen molar-refractivity contribution >= 4 is 12.4 Å². The molecule has 1 rings (SSSR count). The van der Waals surface area contributed by atoms with Crippen molar-refractivity contribution in [3.63, 3.8) is 0 Å². The second kappa shape index (κ2) is 5.82. The van der Waals surface area contributed by atoms with E-state index in [1.807, 2.05) is 0 Å². The molecule has 0 aliphatic heterocycles. The standard InChI is InChI=1S/C10H21N.ClH/c1-3-7-10(11-2)8-5-4-6-9-10;/h11H,3-9H2,1-2H3;1H. The van der Waals surface area contributed by atoms with Crippen LogP contribution in [0.25, 0.3) is 0 Å². The van der Waals surface area contributed by atoms with Gasteiger partial charge < -0.3 is 5.32 Å². The Morgan fingerprint density at radius 1 is 1.17 bits per heavy atom. The average Bonchev–Trinajstić information content (AvgIpc) is 2.07. The van der Waals surface area contributed by atoms with Crippen LogP contribution in [0.1, 0.15) is 51.9 Å². The van der Waals surface area contributed by atoms with Crippen LogP contribution in [0.2, 0.25) is 0 Å². The van der Waals surface area contributed by atoms with E-state index in [-0.39, 0.29) is 12.4 Å². The monoisotopic (exact) mass is 191 g/mol. The van der Waals surface area contributed by atoms with Gasteiger partial charge in [0.15, 0.2) is 0 Å². The SMILES string of the molecule is CCCC1(NC)CCCCC1.Cl. The Morgan fingerprint density at radius 3 is 2.17 bits per heavy atom. The molecular weight excluding hydrogens is 170 g/mol. The van der Waals surface area contributed by atoms with Gasteiger partial charge in [-0.25, -0.2) is 0 Å². The Balaban J connectivity index is 0.00000121. The van der Waals surface area contributed by atoms with Crippen molar-refractivity contribution in [1.29, 1.82) is 0 Å². The van der Waals surface area contributed by atoms with Crippen LogP contribution in [0.15, 0.2) is 0 Å². The smallest absolute Gasteiger partial charge is 0.0178 e. The van der Waals surface area contributed by atoms with Crippen molar-refractivity contribution in [2.24, 2.45) is 0 Å². The Morgan fingerprint density at radius 2 is 1.75 bits per heavy atom. The fourth-order valence-electron chi connectivity index (χ4n) is 2.33. The second-order valence-corrected chi connectivity index (χ2v) is 3.84. The fraction of sp³-hybridized carbons (Fsp3) is 1.00. The summed E-state index contributed by atoms with van der Waals surface area (Å²) in [5.41, 5.74) is 0.521. The van der Waals surface area contributed by atoms with Crippen molar-refractivity contribution < 1.29 is 0 Å². The molecule has 0 aromatic rings. The van der Waals surface area contributed by atoms with Gasteiger partial charge in [0.2, 0.25) is 0 Å². The molecule has 1 saturated carbocycles. The zero-order valence-corrected chi connectivity index (χ0v) is 9.17. The number of hydrogen-bond acceptors (Lipinski definition) is 1. The van der Waals surface area contributed by atoms with E-state index in [4.69, 9.17) is 0 Å². The number of hydrogen-bond donors (Lipinski definition) is 1. The van der Waals surface area contributed by atoms with E-state index < -0.39 is 0 Å². The normalized spacial score (nSPS) is 21.5. The van der Waals surface area contributed by atoms with Gasteiger partial charge in [-0.3, -0.25) is 0 Å². The molecule has 12 heavy (non-hydrogen) atoms. The summed E-state index contributed by atoms with van der Waals surface area (Å²) in [6.07, 6.45) is 9.80. The molecule has 0 bridgehead atoms. The molecule has 0 saturated heterocycles. The summed E-state index contributed by atoms with van der Waals surface area (Å²) in [7, 11) is 2.13. The first-order valence-corrected chi connectivity index (χ1v) is 5.02. The second-order valence-electron chi connectivity index (χ2n) is 3.84. The zero-order chi connectivity index (χ0) is 8.16. The van der Waals surface area contributed by atoms with Crippen molar-refractivity contribution in [1.82, 2.24) is 5.32 Å². The summed E-state index contributed by atoms with van der Waals surface area (Å²) in [4.78, 5) is 0. The van der Waals surface area contributed by atoms with Gasteiger partial charge in [0.05, 0.1) is 0 Å². The lowest BCUT2D eigenvalue weighted by Crippen LogP contribution is -2.44. The van der Waals surface area contributed by atoms with Gasteiger partial charge >= 0.3 is 0 Å². The van der Waals surface area contributed by atoms with Crippen LogP contribution in [0.5, 0.6) is 0 Å². The molecule has 0 heterocycles. The number of rotatable bonds is 3. The summed E-state index contributed by atoms with van der Waals surface area (Å²) < 4.78 is 0. The van der Waals surface area contributed by atoms with Crippen LogP contribution in [0, 0.1) is 0 Å². The summed E-state index contributed by atoms with van der Waals surface area (Å²) in [6, 6.07) is 0. The van der Waals surface area contributed by atoms with Crippen molar-refractivity contribution in [2.45, 2.75) is 57.4 Å². The van der Waals surface area contributed by atoms with Gasteiger partial charge in [-0.1, -0.05) is 32.6 Å². The van der Waals surface area contributed by atoms with Gasteiger partial charge in [0.1, 0.15) is 0 Å². The minimum atomic E-state index is 0. The first-order valence-electron chi connectivity index (χ1n) is 5.02. The van der Waals surface area contributed by atoms with Crippen LogP contribution in [0.3, 0.4) is 0 Å². The van der Waals surface area contributed by atoms with E-state index in [1.165, 1.54) is 44.9 Å². The van der Waals surface area contributed by atoms with E-state index in [9.17, 15) is 0 Å². The minimum Gasteiger partial charge on any atom is -0.314 e. The highest BCUT2D eigenvalue weighted by Gasteiger charge is 2.28. The first-order chi connectivity index (χ1) is 5.33. The molecule has 0 radical (unpaired) electrons. The van der Waals surface area contributed by atoms with E-state index in [2.05, 4.69) is 19.3 Å². The maximum Gasteiger partial charge on any atom is 0.0178 e. The quantitative estimate of drug-likeness (QED) is 0.723. The number of nitrogens with one attached hydrogen (secondary N) is 1. The van der Waals surface area contributed by atoms with Gasteiger partial charge in [-0.2, -0.15) is 0 Å². The molecule has 1 aliphatic rings. The molecule has 74 valence electrons. The maximum absolute atomic E-state index is 3.52. The zero-order valence-electron chi connectivity index (χ0n) is 8.36. The number of halogens is 1. The highest BCUT2D eigenvalue weighted by molar-refractivity contribution is 5.85. The average molecular weight is 192 g/mol. The summed E-state index contributed by atoms with van der Waals surface area (Å²) in [5, 5.41) is 3.52. The molecule has 0 aromatic carbocycles. The lowest BCUT2D eigenvalue weighted by atomic mass is 9.79. The molecule has 1 N–H and O–H groups in total. The Hall–Kier alpha value is 0.250. The van der Waals surface area contributed by atoms with Crippen LogP contribution < -0.4 is 5.32 Å². The molecular formula is C10H22ClN. The minimum absolute atomic E-state index is 0. The molecule has 1 fully saturated rings. The molecule has 0 unspecified atom stereocenters. The van der Waals surface area contributed by atoms with Gasteiger partial charge in [0, 0.05) is 5.54 Å². The summed E-state index contributed by atoms with van der Waals surface area (Å²) in [6.45, 7) is 2.29. The molecule has 0 atom stereocenters.